The highest BCUT2D eigenvalue weighted by molar-refractivity contribution is 8.00. The van der Waals surface area contributed by atoms with Gasteiger partial charge in [0, 0.05) is 9.79 Å². The maximum atomic E-state index is 3.61. The molecule has 4 aromatic rings. The van der Waals surface area contributed by atoms with Crippen LogP contribution in [0.4, 0.5) is 0 Å². The fourth-order valence-electron chi connectivity index (χ4n) is 3.51. The van der Waals surface area contributed by atoms with Gasteiger partial charge >= 0.3 is 0 Å². The van der Waals surface area contributed by atoms with E-state index >= 15 is 0 Å². The minimum atomic E-state index is -0.00581. The monoisotopic (exact) mass is 330 g/mol. The first-order chi connectivity index (χ1) is 11.5. The Balaban J connectivity index is 1.93. The van der Waals surface area contributed by atoms with Crippen molar-refractivity contribution in [3.63, 3.8) is 0 Å². The van der Waals surface area contributed by atoms with Crippen LogP contribution in [-0.4, -0.2) is 4.57 Å². The zero-order valence-corrected chi connectivity index (χ0v) is 14.8. The van der Waals surface area contributed by atoms with Gasteiger partial charge in [-0.2, -0.15) is 0 Å². The van der Waals surface area contributed by atoms with Crippen LogP contribution in [0.25, 0.3) is 27.5 Å². The van der Waals surface area contributed by atoms with Gasteiger partial charge in [-0.05, 0) is 31.5 Å². The lowest BCUT2D eigenvalue weighted by Crippen LogP contribution is -2.34. The smallest absolute Gasteiger partial charge is 0.244 e. The third kappa shape index (κ3) is 1.82. The van der Waals surface area contributed by atoms with Crippen molar-refractivity contribution in [2.75, 3.05) is 0 Å². The van der Waals surface area contributed by atoms with Crippen LogP contribution in [0.3, 0.4) is 0 Å². The van der Waals surface area contributed by atoms with Gasteiger partial charge in [-0.1, -0.05) is 54.6 Å². The highest BCUT2D eigenvalue weighted by Crippen LogP contribution is 2.43. The van der Waals surface area contributed by atoms with E-state index < -0.39 is 0 Å². The van der Waals surface area contributed by atoms with Gasteiger partial charge in [0.05, 0.1) is 22.3 Å². The number of hydrogen-bond acceptors (Lipinski definition) is 1. The minimum absolute atomic E-state index is 0.00581. The Kier molecular flexibility index (Phi) is 2.73. The average molecular weight is 330 g/mol. The van der Waals surface area contributed by atoms with E-state index in [9.17, 15) is 0 Å². The minimum Gasteiger partial charge on any atom is -0.317 e. The van der Waals surface area contributed by atoms with Crippen molar-refractivity contribution >= 4 is 33.6 Å². The Labute approximate surface area is 145 Å². The Morgan fingerprint density at radius 2 is 1.79 bits per heavy atom. The van der Waals surface area contributed by atoms with Crippen molar-refractivity contribution in [1.82, 2.24) is 4.57 Å². The number of aromatic nitrogens is 2. The molecule has 0 saturated carbocycles. The summed E-state index contributed by atoms with van der Waals surface area (Å²) in [7, 11) is 0. The van der Waals surface area contributed by atoms with Gasteiger partial charge in [-0.3, -0.25) is 0 Å². The van der Waals surface area contributed by atoms with Crippen molar-refractivity contribution in [3.05, 3.63) is 60.9 Å². The summed E-state index contributed by atoms with van der Waals surface area (Å²) in [5, 5.41) is 2.60. The van der Waals surface area contributed by atoms with Crippen LogP contribution in [0.15, 0.2) is 64.4 Å². The lowest BCUT2D eigenvalue weighted by atomic mass is 10.1. The highest BCUT2D eigenvalue weighted by atomic mass is 32.2. The summed E-state index contributed by atoms with van der Waals surface area (Å²) < 4.78 is 4.50. The summed E-state index contributed by atoms with van der Waals surface area (Å²) in [6, 6.07) is 19.6. The molecule has 0 unspecified atom stereocenters. The van der Waals surface area contributed by atoms with Gasteiger partial charge < -0.3 is 9.13 Å². The maximum Gasteiger partial charge on any atom is 0.244 e. The van der Waals surface area contributed by atoms with E-state index in [0.717, 1.165) is 0 Å². The second-order valence-electron chi connectivity index (χ2n) is 7.30. The van der Waals surface area contributed by atoms with Gasteiger partial charge in [-0.25, -0.2) is 0 Å². The molecule has 0 bridgehead atoms. The van der Waals surface area contributed by atoms with Crippen LogP contribution < -0.4 is 4.57 Å². The van der Waals surface area contributed by atoms with Gasteiger partial charge in [-0.15, -0.1) is 11.8 Å². The Bertz CT molecular complexity index is 1120. The Morgan fingerprint density at radius 1 is 0.958 bits per heavy atom. The predicted octanol–water partition coefficient (Wildman–Crippen LogP) is 5.09. The summed E-state index contributed by atoms with van der Waals surface area (Å²) >= 11 is 1.87. The van der Waals surface area contributed by atoms with E-state index in [-0.39, 0.29) is 5.54 Å². The molecule has 24 heavy (non-hydrogen) atoms. The van der Waals surface area contributed by atoms with E-state index in [2.05, 4.69) is 90.8 Å². The molecule has 0 amide bonds. The predicted molar refractivity (Wildman–Crippen MR) is 98.9 cm³/mol. The van der Waals surface area contributed by atoms with Crippen LogP contribution in [0.1, 0.15) is 20.8 Å². The zero-order chi connectivity index (χ0) is 16.5. The van der Waals surface area contributed by atoms with E-state index in [1.165, 1.54) is 37.3 Å². The summed E-state index contributed by atoms with van der Waals surface area (Å²) in [4.78, 5) is 2.62. The molecule has 1 aliphatic rings. The molecule has 2 heterocycles. The normalized spacial score (nSPS) is 13.5. The molecule has 2 nitrogen and oxygen atoms in total. The zero-order valence-electron chi connectivity index (χ0n) is 14.0. The molecule has 3 aromatic carbocycles. The Hall–Kier alpha value is -2.26. The van der Waals surface area contributed by atoms with E-state index in [1.807, 2.05) is 11.8 Å². The largest absolute Gasteiger partial charge is 0.317 e. The molecule has 1 aliphatic heterocycles. The van der Waals surface area contributed by atoms with Crippen LogP contribution in [0.5, 0.6) is 0 Å². The quantitative estimate of drug-likeness (QED) is 0.284. The lowest BCUT2D eigenvalue weighted by molar-refractivity contribution is -0.577. The number of rotatable bonds is 0. The molecule has 3 heteroatoms. The maximum absolute atomic E-state index is 3.61. The van der Waals surface area contributed by atoms with Crippen LogP contribution >= 0.6 is 11.8 Å². The summed E-state index contributed by atoms with van der Waals surface area (Å²) in [6.07, 6.45) is 3.61. The summed E-state index contributed by atoms with van der Waals surface area (Å²) in [5.74, 6) is 0. The molecule has 0 fully saturated rings. The highest BCUT2D eigenvalue weighted by Gasteiger charge is 2.26. The molecule has 0 spiro atoms. The second kappa shape index (κ2) is 4.64. The number of imidazole rings is 1. The number of nitrogens with zero attached hydrogens (tertiary/aromatic N) is 2. The van der Waals surface area contributed by atoms with Crippen molar-refractivity contribution in [1.29, 1.82) is 0 Å². The van der Waals surface area contributed by atoms with Crippen LogP contribution in [0, 0.1) is 6.33 Å². The van der Waals surface area contributed by atoms with Crippen molar-refractivity contribution < 1.29 is 4.57 Å². The first-order valence-electron chi connectivity index (χ1n) is 8.23. The third-order valence-corrected chi connectivity index (χ3v) is 5.81. The number of para-hydroxylation sites is 1. The number of fused-ring (bicyclic) bond motifs is 4. The molecule has 5 rings (SSSR count). The number of benzene rings is 3. The lowest BCUT2D eigenvalue weighted by Gasteiger charge is -2.21. The van der Waals surface area contributed by atoms with Crippen molar-refractivity contribution in [2.45, 2.75) is 36.1 Å². The third-order valence-electron chi connectivity index (χ3n) is 4.62. The van der Waals surface area contributed by atoms with Gasteiger partial charge in [0.1, 0.15) is 0 Å². The van der Waals surface area contributed by atoms with Crippen molar-refractivity contribution in [2.24, 2.45) is 0 Å². The molecule has 1 aromatic heterocycles. The second-order valence-corrected chi connectivity index (χ2v) is 8.35. The standard InChI is InChI=1S/C21H18N2S/c1-21(2,3)23-13-22-17-12-11-14-7-4-5-8-15(14)20(17)24-18-10-6-9-16(23)19(18)22/h4-12H,1-3H3. The molecular formula is C21H18N2S. The van der Waals surface area contributed by atoms with E-state index in [4.69, 9.17) is 0 Å². The van der Waals surface area contributed by atoms with Gasteiger partial charge in [0.25, 0.3) is 0 Å². The SMILES string of the molecule is CC(C)(C)n1[c-][n+]2c3c(cccc31)Sc1c-2ccc2ccccc12. The molecule has 118 valence electrons. The van der Waals surface area contributed by atoms with Gasteiger partial charge in [0.2, 0.25) is 6.33 Å². The molecular weight excluding hydrogens is 312 g/mol. The molecule has 0 radical (unpaired) electrons. The Morgan fingerprint density at radius 3 is 2.62 bits per heavy atom. The van der Waals surface area contributed by atoms with Crippen molar-refractivity contribution in [3.8, 4) is 5.69 Å². The topological polar surface area (TPSA) is 8.81 Å². The average Bonchev–Trinajstić information content (AvgIpc) is 2.97. The first kappa shape index (κ1) is 14.1. The first-order valence-corrected chi connectivity index (χ1v) is 9.05. The molecule has 0 aliphatic carbocycles. The molecule has 0 saturated heterocycles. The molecule has 0 N–H and O–H groups in total. The van der Waals surface area contributed by atoms with E-state index in [1.54, 1.807) is 0 Å². The van der Waals surface area contributed by atoms with Crippen LogP contribution in [-0.2, 0) is 5.54 Å². The number of hydrogen-bond donors (Lipinski definition) is 0. The van der Waals surface area contributed by atoms with Crippen LogP contribution in [0.2, 0.25) is 0 Å². The molecule has 0 atom stereocenters. The fourth-order valence-corrected chi connectivity index (χ4v) is 4.73. The summed E-state index contributed by atoms with van der Waals surface area (Å²) in [6.45, 7) is 6.69. The van der Waals surface area contributed by atoms with E-state index in [0.29, 0.717) is 0 Å². The fraction of sp³-hybridized carbons (Fsp3) is 0.190. The summed E-state index contributed by atoms with van der Waals surface area (Å²) in [5.41, 5.74) is 3.73. The van der Waals surface area contributed by atoms with Gasteiger partial charge in [0.15, 0.2) is 0 Å².